The Kier molecular flexibility index (Phi) is 8.14. The maximum absolute atomic E-state index is 11.0. The lowest BCUT2D eigenvalue weighted by Crippen LogP contribution is -2.12. The number of rotatable bonds is 12. The minimum absolute atomic E-state index is 0.0463. The summed E-state index contributed by atoms with van der Waals surface area (Å²) in [5.41, 5.74) is 2.73. The van der Waals surface area contributed by atoms with Crippen LogP contribution in [0, 0.1) is 5.92 Å². The molecule has 0 saturated carbocycles. The van der Waals surface area contributed by atoms with Crippen molar-refractivity contribution in [3.8, 4) is 11.5 Å². The first-order chi connectivity index (χ1) is 14.6. The fourth-order valence-electron chi connectivity index (χ4n) is 3.99. The van der Waals surface area contributed by atoms with E-state index in [2.05, 4.69) is 6.92 Å². The summed E-state index contributed by atoms with van der Waals surface area (Å²) in [4.78, 5) is 11.0. The van der Waals surface area contributed by atoms with Crippen molar-refractivity contribution in [3.63, 3.8) is 0 Å². The molecule has 2 aromatic rings. The van der Waals surface area contributed by atoms with Crippen molar-refractivity contribution in [2.45, 2.75) is 64.6 Å². The molecule has 3 rings (SSSR count). The molecule has 0 radical (unpaired) electrons. The average Bonchev–Trinajstić information content (AvgIpc) is 3.05. The smallest absolute Gasteiger partial charge is 0.303 e. The summed E-state index contributed by atoms with van der Waals surface area (Å²) in [6.07, 6.45) is 5.82. The monoisotopic (exact) mass is 412 g/mol. The van der Waals surface area contributed by atoms with Crippen molar-refractivity contribution in [2.24, 2.45) is 5.92 Å². The number of hydrogen-bond acceptors (Lipinski definition) is 4. The number of carboxylic acid groups (broad SMARTS) is 1. The second-order valence-electron chi connectivity index (χ2n) is 8.03. The number of carbonyl (C=O) groups is 1. The highest BCUT2D eigenvalue weighted by Crippen LogP contribution is 2.42. The minimum atomic E-state index is -0.891. The zero-order valence-corrected chi connectivity index (χ0v) is 17.7. The molecule has 5 nitrogen and oxygen atoms in total. The molecule has 2 atom stereocenters. The van der Waals surface area contributed by atoms with Gasteiger partial charge < -0.3 is 19.7 Å². The third-order valence-corrected chi connectivity index (χ3v) is 5.67. The standard InChI is InChI=1S/C25H32O5/c1-2-3-4-5-6-14-29-20-12-10-18(11-13-20)17-30-23-9-7-8-21-22(23)15-19(25(21)28)16-24(26)27/h7-13,19,25,28H,2-6,14-17H2,1H3,(H,26,27). The van der Waals surface area contributed by atoms with Gasteiger partial charge in [-0.05, 0) is 42.2 Å². The largest absolute Gasteiger partial charge is 0.494 e. The van der Waals surface area contributed by atoms with Crippen molar-refractivity contribution in [3.05, 3.63) is 59.2 Å². The Morgan fingerprint density at radius 2 is 1.80 bits per heavy atom. The number of aliphatic carboxylic acids is 1. The Morgan fingerprint density at radius 1 is 1.03 bits per heavy atom. The Labute approximate surface area is 178 Å². The van der Waals surface area contributed by atoms with Gasteiger partial charge in [0, 0.05) is 11.5 Å². The van der Waals surface area contributed by atoms with E-state index in [1.807, 2.05) is 42.5 Å². The van der Waals surface area contributed by atoms with E-state index < -0.39 is 12.1 Å². The fraction of sp³-hybridized carbons (Fsp3) is 0.480. The molecule has 162 valence electrons. The lowest BCUT2D eigenvalue weighted by atomic mass is 10.00. The molecule has 0 bridgehead atoms. The van der Waals surface area contributed by atoms with Crippen LogP contribution in [0.5, 0.6) is 11.5 Å². The molecule has 0 aliphatic heterocycles. The van der Waals surface area contributed by atoms with E-state index >= 15 is 0 Å². The highest BCUT2D eigenvalue weighted by Gasteiger charge is 2.34. The second kappa shape index (κ2) is 11.0. The third kappa shape index (κ3) is 5.99. The molecule has 0 spiro atoms. The van der Waals surface area contributed by atoms with Crippen molar-refractivity contribution >= 4 is 5.97 Å². The second-order valence-corrected chi connectivity index (χ2v) is 8.03. The van der Waals surface area contributed by atoms with Crippen molar-refractivity contribution in [2.75, 3.05) is 6.61 Å². The molecule has 1 aliphatic rings. The van der Waals surface area contributed by atoms with Gasteiger partial charge in [-0.15, -0.1) is 0 Å². The minimum Gasteiger partial charge on any atom is -0.494 e. The van der Waals surface area contributed by atoms with Gasteiger partial charge >= 0.3 is 5.97 Å². The van der Waals surface area contributed by atoms with Gasteiger partial charge in [0.2, 0.25) is 0 Å². The van der Waals surface area contributed by atoms with E-state index in [-0.39, 0.29) is 12.3 Å². The van der Waals surface area contributed by atoms with Gasteiger partial charge in [0.1, 0.15) is 18.1 Å². The fourth-order valence-corrected chi connectivity index (χ4v) is 3.99. The van der Waals surface area contributed by atoms with Crippen LogP contribution in [0.2, 0.25) is 0 Å². The predicted molar refractivity (Wildman–Crippen MR) is 116 cm³/mol. The number of aliphatic hydroxyl groups is 1. The maximum atomic E-state index is 11.0. The number of aliphatic hydroxyl groups excluding tert-OH is 1. The lowest BCUT2D eigenvalue weighted by molar-refractivity contribution is -0.139. The molecule has 30 heavy (non-hydrogen) atoms. The first kappa shape index (κ1) is 22.2. The average molecular weight is 413 g/mol. The predicted octanol–water partition coefficient (Wildman–Crippen LogP) is 5.30. The molecule has 2 aromatic carbocycles. The van der Waals surface area contributed by atoms with Crippen LogP contribution in [-0.4, -0.2) is 22.8 Å². The topological polar surface area (TPSA) is 76.0 Å². The molecule has 0 fully saturated rings. The molecule has 0 amide bonds. The number of carboxylic acids is 1. The van der Waals surface area contributed by atoms with Crippen molar-refractivity contribution < 1.29 is 24.5 Å². The van der Waals surface area contributed by atoms with Crippen LogP contribution < -0.4 is 9.47 Å². The molecule has 0 aromatic heterocycles. The Hall–Kier alpha value is -2.53. The molecule has 2 N–H and O–H groups in total. The van der Waals surface area contributed by atoms with Gasteiger partial charge in [-0.25, -0.2) is 0 Å². The van der Waals surface area contributed by atoms with Gasteiger partial charge in [0.15, 0.2) is 0 Å². The molecule has 0 saturated heterocycles. The third-order valence-electron chi connectivity index (χ3n) is 5.67. The van der Waals surface area contributed by atoms with Crippen LogP contribution >= 0.6 is 0 Å². The number of ether oxygens (including phenoxy) is 2. The van der Waals surface area contributed by atoms with Crippen LogP contribution in [0.1, 0.15) is 68.2 Å². The number of hydrogen-bond donors (Lipinski definition) is 2. The molecular formula is C25H32O5. The Balaban J connectivity index is 1.50. The van der Waals surface area contributed by atoms with Crippen LogP contribution in [0.3, 0.4) is 0 Å². The number of unbranched alkanes of at least 4 members (excludes halogenated alkanes) is 4. The summed E-state index contributed by atoms with van der Waals surface area (Å²) in [5, 5.41) is 19.5. The molecule has 1 aliphatic carbocycles. The van der Waals surface area contributed by atoms with Crippen molar-refractivity contribution in [1.29, 1.82) is 0 Å². The van der Waals surface area contributed by atoms with E-state index in [0.29, 0.717) is 18.8 Å². The zero-order chi connectivity index (χ0) is 21.3. The molecular weight excluding hydrogens is 380 g/mol. The SMILES string of the molecule is CCCCCCCOc1ccc(COc2cccc3c2CC(CC(=O)O)C3O)cc1. The Bertz CT molecular complexity index is 815. The summed E-state index contributed by atoms with van der Waals surface area (Å²) >= 11 is 0. The van der Waals surface area contributed by atoms with E-state index in [9.17, 15) is 9.90 Å². The molecule has 2 unspecified atom stereocenters. The molecule has 0 heterocycles. The van der Waals surface area contributed by atoms with Crippen LogP contribution in [0.15, 0.2) is 42.5 Å². The van der Waals surface area contributed by atoms with Gasteiger partial charge in [-0.2, -0.15) is 0 Å². The summed E-state index contributed by atoms with van der Waals surface area (Å²) in [7, 11) is 0. The van der Waals surface area contributed by atoms with Crippen LogP contribution in [0.25, 0.3) is 0 Å². The quantitative estimate of drug-likeness (QED) is 0.463. The first-order valence-corrected chi connectivity index (χ1v) is 10.9. The number of benzene rings is 2. The summed E-state index contributed by atoms with van der Waals surface area (Å²) < 4.78 is 11.8. The first-order valence-electron chi connectivity index (χ1n) is 10.9. The Morgan fingerprint density at radius 3 is 2.53 bits per heavy atom. The lowest BCUT2D eigenvalue weighted by Gasteiger charge is -2.12. The zero-order valence-electron chi connectivity index (χ0n) is 17.7. The summed E-state index contributed by atoms with van der Waals surface area (Å²) in [5.74, 6) is 0.388. The highest BCUT2D eigenvalue weighted by atomic mass is 16.5. The summed E-state index contributed by atoms with van der Waals surface area (Å²) in [6, 6.07) is 13.5. The summed E-state index contributed by atoms with van der Waals surface area (Å²) in [6.45, 7) is 3.37. The van der Waals surface area contributed by atoms with Gasteiger partial charge in [0.25, 0.3) is 0 Å². The van der Waals surface area contributed by atoms with Crippen LogP contribution in [-0.2, 0) is 17.8 Å². The molecule has 5 heteroatoms. The maximum Gasteiger partial charge on any atom is 0.303 e. The van der Waals surface area contributed by atoms with E-state index in [1.54, 1.807) is 0 Å². The number of fused-ring (bicyclic) bond motifs is 1. The highest BCUT2D eigenvalue weighted by molar-refractivity contribution is 5.67. The van der Waals surface area contributed by atoms with Gasteiger partial charge in [-0.3, -0.25) is 4.79 Å². The van der Waals surface area contributed by atoms with E-state index in [4.69, 9.17) is 14.6 Å². The van der Waals surface area contributed by atoms with E-state index in [0.717, 1.165) is 35.5 Å². The van der Waals surface area contributed by atoms with Crippen molar-refractivity contribution in [1.82, 2.24) is 0 Å². The van der Waals surface area contributed by atoms with Gasteiger partial charge in [0.05, 0.1) is 19.1 Å². The van der Waals surface area contributed by atoms with Gasteiger partial charge in [-0.1, -0.05) is 56.9 Å². The normalized spacial score (nSPS) is 17.5. The van der Waals surface area contributed by atoms with Crippen LogP contribution in [0.4, 0.5) is 0 Å². The van der Waals surface area contributed by atoms with E-state index in [1.165, 1.54) is 25.7 Å².